The van der Waals surface area contributed by atoms with Crippen molar-refractivity contribution in [1.29, 1.82) is 0 Å². The number of amides is 1. The SMILES string of the molecule is CCOc1cccc(OC)c1S(=O)(=O)NC(=O)c1cc2c(F)cc(N3CCC3)cc2o1. The van der Waals surface area contributed by atoms with Crippen LogP contribution in [0.2, 0.25) is 0 Å². The van der Waals surface area contributed by atoms with Gasteiger partial charge in [-0.2, -0.15) is 0 Å². The molecule has 8 nitrogen and oxygen atoms in total. The van der Waals surface area contributed by atoms with Crippen molar-refractivity contribution in [3.63, 3.8) is 0 Å². The van der Waals surface area contributed by atoms with Gasteiger partial charge < -0.3 is 18.8 Å². The maximum atomic E-state index is 14.5. The van der Waals surface area contributed by atoms with Crippen molar-refractivity contribution in [2.24, 2.45) is 0 Å². The van der Waals surface area contributed by atoms with E-state index in [0.717, 1.165) is 19.5 Å². The third-order valence-electron chi connectivity index (χ3n) is 4.98. The van der Waals surface area contributed by atoms with Crippen molar-refractivity contribution in [3.8, 4) is 11.5 Å². The van der Waals surface area contributed by atoms with Gasteiger partial charge >= 0.3 is 5.91 Å². The summed E-state index contributed by atoms with van der Waals surface area (Å²) in [4.78, 5) is 14.3. The first-order chi connectivity index (χ1) is 14.8. The topological polar surface area (TPSA) is 98.1 Å². The van der Waals surface area contributed by atoms with Crippen molar-refractivity contribution in [2.75, 3.05) is 31.7 Å². The van der Waals surface area contributed by atoms with Crippen molar-refractivity contribution in [1.82, 2.24) is 4.72 Å². The third-order valence-corrected chi connectivity index (χ3v) is 6.37. The molecule has 1 amide bonds. The molecule has 0 saturated carbocycles. The molecule has 10 heteroatoms. The molecule has 1 aromatic heterocycles. The molecule has 0 radical (unpaired) electrons. The Hall–Kier alpha value is -3.27. The first kappa shape index (κ1) is 21.0. The number of benzene rings is 2. The van der Waals surface area contributed by atoms with Gasteiger partial charge in [-0.25, -0.2) is 17.5 Å². The minimum absolute atomic E-state index is 0.0149. The van der Waals surface area contributed by atoms with Gasteiger partial charge in [-0.15, -0.1) is 0 Å². The van der Waals surface area contributed by atoms with Crippen molar-refractivity contribution in [3.05, 3.63) is 48.0 Å². The molecule has 1 aliphatic heterocycles. The van der Waals surface area contributed by atoms with E-state index in [1.165, 1.54) is 31.4 Å². The van der Waals surface area contributed by atoms with E-state index in [1.807, 2.05) is 9.62 Å². The van der Waals surface area contributed by atoms with Crippen molar-refractivity contribution in [2.45, 2.75) is 18.2 Å². The number of hydrogen-bond donors (Lipinski definition) is 1. The molecule has 2 heterocycles. The number of carbonyl (C=O) groups is 1. The molecule has 164 valence electrons. The molecule has 0 unspecified atom stereocenters. The molecule has 0 aliphatic carbocycles. The lowest BCUT2D eigenvalue weighted by Crippen LogP contribution is -2.36. The maximum Gasteiger partial charge on any atom is 0.300 e. The summed E-state index contributed by atoms with van der Waals surface area (Å²) < 4.78 is 58.4. The van der Waals surface area contributed by atoms with E-state index in [9.17, 15) is 17.6 Å². The molecule has 1 N–H and O–H groups in total. The average Bonchev–Trinajstić information content (AvgIpc) is 3.11. The average molecular weight is 448 g/mol. The van der Waals surface area contributed by atoms with Crippen LogP contribution in [-0.4, -0.2) is 41.1 Å². The third kappa shape index (κ3) is 3.90. The lowest BCUT2D eigenvalue weighted by atomic mass is 10.1. The molecule has 4 rings (SSSR count). The summed E-state index contributed by atoms with van der Waals surface area (Å²) >= 11 is 0. The molecule has 31 heavy (non-hydrogen) atoms. The van der Waals surface area contributed by atoms with E-state index in [-0.39, 0.29) is 39.7 Å². The number of carbonyl (C=O) groups excluding carboxylic acids is 1. The highest BCUT2D eigenvalue weighted by Crippen LogP contribution is 2.34. The maximum absolute atomic E-state index is 14.5. The van der Waals surface area contributed by atoms with Crippen molar-refractivity contribution < 1.29 is 31.5 Å². The highest BCUT2D eigenvalue weighted by Gasteiger charge is 2.29. The largest absolute Gasteiger partial charge is 0.495 e. The van der Waals surface area contributed by atoms with Crippen LogP contribution < -0.4 is 19.1 Å². The lowest BCUT2D eigenvalue weighted by Gasteiger charge is -2.33. The number of ether oxygens (including phenoxy) is 2. The second kappa shape index (κ2) is 8.10. The van der Waals surface area contributed by atoms with E-state index >= 15 is 0 Å². The van der Waals surface area contributed by atoms with Crippen LogP contribution in [-0.2, 0) is 10.0 Å². The van der Waals surface area contributed by atoms with E-state index in [2.05, 4.69) is 0 Å². The van der Waals surface area contributed by atoms with Gasteiger partial charge in [0.2, 0.25) is 0 Å². The van der Waals surface area contributed by atoms with Crippen molar-refractivity contribution >= 4 is 32.6 Å². The zero-order chi connectivity index (χ0) is 22.2. The monoisotopic (exact) mass is 448 g/mol. The quantitative estimate of drug-likeness (QED) is 0.592. The number of nitrogens with one attached hydrogen (secondary N) is 1. The van der Waals surface area contributed by atoms with Gasteiger partial charge in [-0.05, 0) is 31.5 Å². The first-order valence-electron chi connectivity index (χ1n) is 9.69. The number of furan rings is 1. The van der Waals surface area contributed by atoms with Gasteiger partial charge in [0.15, 0.2) is 10.7 Å². The van der Waals surface area contributed by atoms with Crippen LogP contribution in [0.25, 0.3) is 11.0 Å². The Bertz CT molecular complexity index is 1250. The van der Waals surface area contributed by atoms with Gasteiger partial charge in [0.25, 0.3) is 10.0 Å². The Balaban J connectivity index is 1.66. The molecule has 0 atom stereocenters. The fourth-order valence-electron chi connectivity index (χ4n) is 3.37. The van der Waals surface area contributed by atoms with Crippen LogP contribution in [0.4, 0.5) is 10.1 Å². The summed E-state index contributed by atoms with van der Waals surface area (Å²) in [6.45, 7) is 3.55. The number of hydrogen-bond acceptors (Lipinski definition) is 7. The molecule has 3 aromatic rings. The highest BCUT2D eigenvalue weighted by atomic mass is 32.2. The molecule has 1 saturated heterocycles. The van der Waals surface area contributed by atoms with Crippen LogP contribution >= 0.6 is 0 Å². The zero-order valence-electron chi connectivity index (χ0n) is 17.0. The highest BCUT2D eigenvalue weighted by molar-refractivity contribution is 7.90. The second-order valence-corrected chi connectivity index (χ2v) is 8.57. The summed E-state index contributed by atoms with van der Waals surface area (Å²) in [5.74, 6) is -1.85. The number of rotatable bonds is 7. The van der Waals surface area contributed by atoms with Crippen LogP contribution in [0.5, 0.6) is 11.5 Å². The molecule has 1 fully saturated rings. The fraction of sp³-hybridized carbons (Fsp3) is 0.286. The zero-order valence-corrected chi connectivity index (χ0v) is 17.8. The summed E-state index contributed by atoms with van der Waals surface area (Å²) in [6, 6.07) is 8.66. The van der Waals surface area contributed by atoms with Gasteiger partial charge in [-0.3, -0.25) is 4.79 Å². The van der Waals surface area contributed by atoms with E-state index in [1.54, 1.807) is 19.1 Å². The Morgan fingerprint density at radius 2 is 1.97 bits per heavy atom. The summed E-state index contributed by atoms with van der Waals surface area (Å²) in [5, 5.41) is 0.0964. The summed E-state index contributed by atoms with van der Waals surface area (Å²) in [6.07, 6.45) is 1.02. The van der Waals surface area contributed by atoms with Crippen LogP contribution in [0.15, 0.2) is 45.7 Å². The van der Waals surface area contributed by atoms with E-state index < -0.39 is 21.7 Å². The minimum Gasteiger partial charge on any atom is -0.495 e. The van der Waals surface area contributed by atoms with E-state index in [4.69, 9.17) is 13.9 Å². The van der Waals surface area contributed by atoms with Gasteiger partial charge in [0.1, 0.15) is 22.9 Å². The molecule has 0 spiro atoms. The summed E-state index contributed by atoms with van der Waals surface area (Å²) in [5.41, 5.74) is 0.817. The molecule has 0 bridgehead atoms. The fourth-order valence-corrected chi connectivity index (χ4v) is 4.62. The molecule has 1 aliphatic rings. The van der Waals surface area contributed by atoms with Crippen LogP contribution in [0.3, 0.4) is 0 Å². The number of nitrogens with zero attached hydrogens (tertiary/aromatic N) is 1. The predicted octanol–water partition coefficient (Wildman–Crippen LogP) is 3.31. The minimum atomic E-state index is -4.38. The van der Waals surface area contributed by atoms with Gasteiger partial charge in [0.05, 0.1) is 19.1 Å². The normalized spacial score (nSPS) is 13.7. The lowest BCUT2D eigenvalue weighted by molar-refractivity contribution is 0.0956. The Morgan fingerprint density at radius 3 is 2.61 bits per heavy atom. The van der Waals surface area contributed by atoms with Crippen LogP contribution in [0.1, 0.15) is 23.9 Å². The van der Waals surface area contributed by atoms with Gasteiger partial charge in [0, 0.05) is 30.9 Å². The molecular formula is C21H21FN2O6S. The number of halogens is 1. The summed E-state index contributed by atoms with van der Waals surface area (Å²) in [7, 11) is -3.07. The number of methoxy groups -OCH3 is 1. The Kier molecular flexibility index (Phi) is 5.48. The van der Waals surface area contributed by atoms with Crippen LogP contribution in [0, 0.1) is 5.82 Å². The number of sulfonamides is 1. The Morgan fingerprint density at radius 1 is 1.23 bits per heavy atom. The second-order valence-electron chi connectivity index (χ2n) is 6.95. The number of anilines is 1. The first-order valence-corrected chi connectivity index (χ1v) is 11.2. The molecular weight excluding hydrogens is 427 g/mol. The smallest absolute Gasteiger partial charge is 0.300 e. The van der Waals surface area contributed by atoms with E-state index in [0.29, 0.717) is 5.69 Å². The van der Waals surface area contributed by atoms with Gasteiger partial charge in [-0.1, -0.05) is 6.07 Å². The molecule has 2 aromatic carbocycles. The Labute approximate surface area is 178 Å². The standard InChI is InChI=1S/C21H21FN2O6S/c1-3-29-17-7-4-6-16(28-2)20(17)31(26,27)23-21(25)19-12-14-15(22)10-13(11-18(14)30-19)24-8-5-9-24/h4,6-7,10-12H,3,5,8-9H2,1-2H3,(H,23,25). The number of fused-ring (bicyclic) bond motifs is 1. The predicted molar refractivity (Wildman–Crippen MR) is 112 cm³/mol.